The number of likely N-dealkylation sites (tertiary alicyclic amines) is 1. The molecule has 1 N–H and O–H groups in total. The molecule has 1 aromatic carbocycles. The molecule has 0 bridgehead atoms. The number of hydrogen-bond acceptors (Lipinski definition) is 3. The maximum atomic E-state index is 12.0. The number of halogens is 1. The van der Waals surface area contributed by atoms with Crippen LogP contribution in [0.5, 0.6) is 0 Å². The van der Waals surface area contributed by atoms with E-state index in [2.05, 4.69) is 22.3 Å². The van der Waals surface area contributed by atoms with Crippen LogP contribution in [-0.2, 0) is 9.53 Å². The average molecular weight is 391 g/mol. The second-order valence-corrected chi connectivity index (χ2v) is 8.18. The number of hydrogen-bond donors (Lipinski definition) is 1. The van der Waals surface area contributed by atoms with E-state index in [1.807, 2.05) is 24.3 Å². The summed E-state index contributed by atoms with van der Waals surface area (Å²) in [6.07, 6.45) is 8.37. The van der Waals surface area contributed by atoms with Gasteiger partial charge in [-0.25, -0.2) is 0 Å². The van der Waals surface area contributed by atoms with Crippen molar-refractivity contribution in [2.24, 2.45) is 5.92 Å². The number of rotatable bonds is 8. The summed E-state index contributed by atoms with van der Waals surface area (Å²) >= 11 is 6.43. The second kappa shape index (κ2) is 10.8. The number of benzene rings is 1. The van der Waals surface area contributed by atoms with Crippen LogP contribution in [-0.4, -0.2) is 49.7 Å². The number of carbonyl (C=O) groups is 1. The largest absolute Gasteiger partial charge is 0.376 e. The van der Waals surface area contributed by atoms with Gasteiger partial charge in [0.2, 0.25) is 5.91 Å². The molecule has 1 amide bonds. The minimum absolute atomic E-state index is 0.168. The molecule has 1 atom stereocenters. The van der Waals surface area contributed by atoms with Gasteiger partial charge in [-0.1, -0.05) is 41.9 Å². The molecule has 0 aliphatic carbocycles. The molecule has 3 rings (SSSR count). The molecule has 2 aliphatic rings. The molecule has 0 saturated carbocycles. The monoisotopic (exact) mass is 390 g/mol. The highest BCUT2D eigenvalue weighted by Gasteiger charge is 2.21. The van der Waals surface area contributed by atoms with Gasteiger partial charge in [0.05, 0.1) is 6.10 Å². The third-order valence-electron chi connectivity index (χ3n) is 5.54. The molecular weight excluding hydrogens is 360 g/mol. The van der Waals surface area contributed by atoms with Crippen molar-refractivity contribution in [3.05, 3.63) is 40.9 Å². The zero-order valence-corrected chi connectivity index (χ0v) is 16.8. The smallest absolute Gasteiger partial charge is 0.220 e. The molecule has 0 spiro atoms. The highest BCUT2D eigenvalue weighted by Crippen LogP contribution is 2.23. The van der Waals surface area contributed by atoms with Crippen molar-refractivity contribution < 1.29 is 9.53 Å². The first-order valence-corrected chi connectivity index (χ1v) is 10.6. The van der Waals surface area contributed by atoms with E-state index < -0.39 is 0 Å². The zero-order valence-electron chi connectivity index (χ0n) is 16.0. The van der Waals surface area contributed by atoms with E-state index in [0.717, 1.165) is 68.9 Å². The summed E-state index contributed by atoms with van der Waals surface area (Å²) in [7, 11) is 0. The molecular formula is C22H31ClN2O2. The van der Waals surface area contributed by atoms with Gasteiger partial charge in [-0.15, -0.1) is 0 Å². The van der Waals surface area contributed by atoms with E-state index in [0.29, 0.717) is 18.9 Å². The average Bonchev–Trinajstić information content (AvgIpc) is 3.20. The maximum Gasteiger partial charge on any atom is 0.220 e. The number of nitrogens with one attached hydrogen (secondary N) is 1. The molecule has 2 saturated heterocycles. The van der Waals surface area contributed by atoms with Gasteiger partial charge in [-0.05, 0) is 62.8 Å². The summed E-state index contributed by atoms with van der Waals surface area (Å²) in [5.41, 5.74) is 1.14. The second-order valence-electron chi connectivity index (χ2n) is 7.70. The SMILES string of the molecule is O=C(CCC1CCN(C/C(Cl)=C/c2ccccc2)CC1)NC[C@@H]1CCCO1. The first kappa shape index (κ1) is 20.4. The van der Waals surface area contributed by atoms with Crippen molar-refractivity contribution >= 4 is 23.6 Å². The fourth-order valence-corrected chi connectivity index (χ4v) is 4.17. The van der Waals surface area contributed by atoms with Crippen LogP contribution in [0, 0.1) is 5.92 Å². The summed E-state index contributed by atoms with van der Waals surface area (Å²) < 4.78 is 5.54. The normalized spacial score (nSPS) is 22.1. The zero-order chi connectivity index (χ0) is 18.9. The molecule has 27 heavy (non-hydrogen) atoms. The lowest BCUT2D eigenvalue weighted by atomic mass is 9.92. The third kappa shape index (κ3) is 7.28. The number of amides is 1. The van der Waals surface area contributed by atoms with Crippen molar-refractivity contribution in [2.45, 2.75) is 44.6 Å². The number of nitrogens with zero attached hydrogens (tertiary/aromatic N) is 1. The van der Waals surface area contributed by atoms with Crippen molar-refractivity contribution in [3.63, 3.8) is 0 Å². The Balaban J connectivity index is 1.30. The Morgan fingerprint density at radius 3 is 2.70 bits per heavy atom. The van der Waals surface area contributed by atoms with Gasteiger partial charge < -0.3 is 10.1 Å². The predicted molar refractivity (Wildman–Crippen MR) is 111 cm³/mol. The Hall–Kier alpha value is -1.36. The van der Waals surface area contributed by atoms with Crippen molar-refractivity contribution in [3.8, 4) is 0 Å². The standard InChI is InChI=1S/C22H31ClN2O2/c23-20(15-19-5-2-1-3-6-19)17-25-12-10-18(11-13-25)8-9-22(26)24-16-21-7-4-14-27-21/h1-3,5-6,15,18,21H,4,7-14,16-17H2,(H,24,26)/b20-15-/t21-/m0/s1. The molecule has 0 unspecified atom stereocenters. The first-order chi connectivity index (χ1) is 13.2. The van der Waals surface area contributed by atoms with Crippen LogP contribution in [0.3, 0.4) is 0 Å². The molecule has 0 radical (unpaired) electrons. The van der Waals surface area contributed by atoms with Crippen LogP contribution < -0.4 is 5.32 Å². The molecule has 0 aromatic heterocycles. The van der Waals surface area contributed by atoms with Gasteiger partial charge in [0.15, 0.2) is 0 Å². The Bertz CT molecular complexity index is 606. The Morgan fingerprint density at radius 2 is 2.00 bits per heavy atom. The van der Waals surface area contributed by atoms with Crippen LogP contribution in [0.1, 0.15) is 44.1 Å². The number of carbonyl (C=O) groups excluding carboxylic acids is 1. The molecule has 148 valence electrons. The summed E-state index contributed by atoms with van der Waals surface area (Å²) in [5, 5.41) is 3.91. The van der Waals surface area contributed by atoms with Crippen LogP contribution in [0.25, 0.3) is 6.08 Å². The highest BCUT2D eigenvalue weighted by atomic mass is 35.5. The lowest BCUT2D eigenvalue weighted by Crippen LogP contribution is -2.35. The van der Waals surface area contributed by atoms with Gasteiger partial charge in [-0.2, -0.15) is 0 Å². The van der Waals surface area contributed by atoms with E-state index in [4.69, 9.17) is 16.3 Å². The third-order valence-corrected chi connectivity index (χ3v) is 5.76. The lowest BCUT2D eigenvalue weighted by Gasteiger charge is -2.31. The Morgan fingerprint density at radius 1 is 1.22 bits per heavy atom. The van der Waals surface area contributed by atoms with E-state index in [-0.39, 0.29) is 12.0 Å². The van der Waals surface area contributed by atoms with Crippen molar-refractivity contribution in [1.82, 2.24) is 10.2 Å². The van der Waals surface area contributed by atoms with Crippen molar-refractivity contribution in [2.75, 3.05) is 32.8 Å². The van der Waals surface area contributed by atoms with Gasteiger partial charge in [-0.3, -0.25) is 9.69 Å². The minimum Gasteiger partial charge on any atom is -0.376 e. The van der Waals surface area contributed by atoms with Gasteiger partial charge in [0.25, 0.3) is 0 Å². The van der Waals surface area contributed by atoms with Crippen LogP contribution in [0.4, 0.5) is 0 Å². The summed E-state index contributed by atoms with van der Waals surface area (Å²) in [4.78, 5) is 14.4. The van der Waals surface area contributed by atoms with E-state index in [9.17, 15) is 4.79 Å². The minimum atomic E-state index is 0.168. The maximum absolute atomic E-state index is 12.0. The van der Waals surface area contributed by atoms with Crippen LogP contribution in [0.15, 0.2) is 35.4 Å². The summed E-state index contributed by atoms with van der Waals surface area (Å²) in [6, 6.07) is 10.2. The van der Waals surface area contributed by atoms with Gasteiger partial charge >= 0.3 is 0 Å². The van der Waals surface area contributed by atoms with E-state index in [1.165, 1.54) is 0 Å². The Labute approximate surface area is 167 Å². The number of ether oxygens (including phenoxy) is 1. The molecule has 5 heteroatoms. The Kier molecular flexibility index (Phi) is 8.18. The lowest BCUT2D eigenvalue weighted by molar-refractivity contribution is -0.122. The van der Waals surface area contributed by atoms with Gasteiger partial charge in [0.1, 0.15) is 0 Å². The molecule has 2 fully saturated rings. The van der Waals surface area contributed by atoms with Gasteiger partial charge in [0, 0.05) is 31.1 Å². The highest BCUT2D eigenvalue weighted by molar-refractivity contribution is 6.31. The summed E-state index contributed by atoms with van der Waals surface area (Å²) in [6.45, 7) is 4.43. The quantitative estimate of drug-likeness (QED) is 0.727. The van der Waals surface area contributed by atoms with Crippen LogP contribution >= 0.6 is 11.6 Å². The predicted octanol–water partition coefficient (Wildman–Crippen LogP) is 4.05. The summed E-state index contributed by atoms with van der Waals surface area (Å²) in [5.74, 6) is 0.813. The topological polar surface area (TPSA) is 41.6 Å². The number of piperidine rings is 1. The van der Waals surface area contributed by atoms with E-state index in [1.54, 1.807) is 0 Å². The first-order valence-electron chi connectivity index (χ1n) is 10.2. The van der Waals surface area contributed by atoms with Crippen LogP contribution in [0.2, 0.25) is 0 Å². The fourth-order valence-electron chi connectivity index (χ4n) is 3.88. The molecule has 2 heterocycles. The fraction of sp³-hybridized carbons (Fsp3) is 0.591. The molecule has 2 aliphatic heterocycles. The molecule has 1 aromatic rings. The van der Waals surface area contributed by atoms with E-state index >= 15 is 0 Å². The molecule has 4 nitrogen and oxygen atoms in total. The van der Waals surface area contributed by atoms with Crippen molar-refractivity contribution in [1.29, 1.82) is 0 Å².